The maximum atomic E-state index is 11.6. The Morgan fingerprint density at radius 1 is 0.828 bits per heavy atom. The number of hydrogen-bond acceptors (Lipinski definition) is 8. The second-order valence-corrected chi connectivity index (χ2v) is 7.78. The van der Waals surface area contributed by atoms with Crippen molar-refractivity contribution < 1.29 is 47.7 Å². The van der Waals surface area contributed by atoms with Crippen LogP contribution in [0.15, 0.2) is 24.3 Å². The number of carboxylic acids is 2. The standard InChI is InChI=1S/C10H17O6P.C8H12O4/c1-15-17(14,16-2)8-9(11)6-4-3-5-7-10(12)13;1-12-8(11)6-4-2-3-5-7(9)10/h5,7H,3-4,6,8H2,1-2H3,(H,12,13);3,5H,2,4,6H2,1H3,(H,9,10)/b7-5+;5-3+. The lowest BCUT2D eigenvalue weighted by Gasteiger charge is -2.11. The molecule has 166 valence electrons. The van der Waals surface area contributed by atoms with Gasteiger partial charge in [0, 0.05) is 39.2 Å². The largest absolute Gasteiger partial charge is 0.478 e. The fraction of sp³-hybridized carbons (Fsp3) is 0.556. The molecule has 0 saturated heterocycles. The van der Waals surface area contributed by atoms with Gasteiger partial charge in [-0.3, -0.25) is 14.2 Å². The second kappa shape index (κ2) is 17.8. The Hall–Kier alpha value is -2.29. The summed E-state index contributed by atoms with van der Waals surface area (Å²) in [5, 5.41) is 16.5. The Morgan fingerprint density at radius 2 is 1.28 bits per heavy atom. The summed E-state index contributed by atoms with van der Waals surface area (Å²) in [6.45, 7) is 0. The molecule has 0 atom stereocenters. The third kappa shape index (κ3) is 20.3. The predicted molar refractivity (Wildman–Crippen MR) is 105 cm³/mol. The van der Waals surface area contributed by atoms with Crippen LogP contribution in [-0.2, 0) is 37.5 Å². The number of ketones is 1. The van der Waals surface area contributed by atoms with Gasteiger partial charge < -0.3 is 24.0 Å². The normalized spacial score (nSPS) is 11.1. The van der Waals surface area contributed by atoms with E-state index in [0.29, 0.717) is 32.1 Å². The van der Waals surface area contributed by atoms with Crippen molar-refractivity contribution in [2.75, 3.05) is 27.5 Å². The summed E-state index contributed by atoms with van der Waals surface area (Å²) in [5.41, 5.74) is 0. The van der Waals surface area contributed by atoms with E-state index in [9.17, 15) is 23.7 Å². The van der Waals surface area contributed by atoms with Gasteiger partial charge in [-0.2, -0.15) is 0 Å². The van der Waals surface area contributed by atoms with E-state index in [1.807, 2.05) is 0 Å². The minimum Gasteiger partial charge on any atom is -0.478 e. The molecule has 0 aliphatic carbocycles. The van der Waals surface area contributed by atoms with Crippen LogP contribution >= 0.6 is 7.60 Å². The van der Waals surface area contributed by atoms with Crippen molar-refractivity contribution in [3.05, 3.63) is 24.3 Å². The van der Waals surface area contributed by atoms with Crippen molar-refractivity contribution in [3.63, 3.8) is 0 Å². The van der Waals surface area contributed by atoms with Gasteiger partial charge in [0.05, 0.1) is 7.11 Å². The summed E-state index contributed by atoms with van der Waals surface area (Å²) >= 11 is 0. The first-order chi connectivity index (χ1) is 13.6. The van der Waals surface area contributed by atoms with Crippen molar-refractivity contribution in [2.24, 2.45) is 0 Å². The van der Waals surface area contributed by atoms with Crippen molar-refractivity contribution in [2.45, 2.75) is 38.5 Å². The van der Waals surface area contributed by atoms with E-state index in [1.165, 1.54) is 33.5 Å². The van der Waals surface area contributed by atoms with Crippen LogP contribution in [0, 0.1) is 0 Å². The maximum Gasteiger partial charge on any atom is 0.337 e. The van der Waals surface area contributed by atoms with Gasteiger partial charge in [0.25, 0.3) is 0 Å². The number of carbonyl (C=O) groups excluding carboxylic acids is 2. The minimum absolute atomic E-state index is 0.222. The summed E-state index contributed by atoms with van der Waals surface area (Å²) < 4.78 is 25.3. The number of carbonyl (C=O) groups is 4. The van der Waals surface area contributed by atoms with Crippen LogP contribution in [0.25, 0.3) is 0 Å². The van der Waals surface area contributed by atoms with Gasteiger partial charge in [0.2, 0.25) is 0 Å². The summed E-state index contributed by atoms with van der Waals surface area (Å²) in [6, 6.07) is 0. The fourth-order valence-electron chi connectivity index (χ4n) is 1.75. The van der Waals surface area contributed by atoms with Gasteiger partial charge in [0.15, 0.2) is 0 Å². The SMILES string of the molecule is COC(=O)CCC/C=C/C(=O)O.COP(=O)(CC(=O)CCC/C=C/C(=O)O)OC. The van der Waals surface area contributed by atoms with Crippen LogP contribution in [0.5, 0.6) is 0 Å². The van der Waals surface area contributed by atoms with Crippen molar-refractivity contribution in [3.8, 4) is 0 Å². The first kappa shape index (κ1) is 28.9. The lowest BCUT2D eigenvalue weighted by Crippen LogP contribution is -2.07. The Balaban J connectivity index is 0. The smallest absolute Gasteiger partial charge is 0.337 e. The number of esters is 1. The third-order valence-corrected chi connectivity index (χ3v) is 5.11. The van der Waals surface area contributed by atoms with E-state index >= 15 is 0 Å². The molecule has 0 amide bonds. The number of aliphatic carboxylic acids is 2. The van der Waals surface area contributed by atoms with E-state index in [0.717, 1.165) is 12.2 Å². The van der Waals surface area contributed by atoms with Gasteiger partial charge in [-0.05, 0) is 25.7 Å². The molecular formula is C18H29O10P. The highest BCUT2D eigenvalue weighted by molar-refractivity contribution is 7.54. The number of Topliss-reactive ketones (excluding diaryl/α,β-unsaturated/α-hetero) is 1. The Morgan fingerprint density at radius 3 is 1.66 bits per heavy atom. The molecule has 0 saturated carbocycles. The molecule has 0 fully saturated rings. The van der Waals surface area contributed by atoms with Crippen molar-refractivity contribution in [1.29, 1.82) is 0 Å². The molecule has 0 spiro atoms. The van der Waals surface area contributed by atoms with E-state index in [2.05, 4.69) is 13.8 Å². The summed E-state index contributed by atoms with van der Waals surface area (Å²) in [6.07, 6.45) is 7.60. The van der Waals surface area contributed by atoms with Crippen molar-refractivity contribution >= 4 is 31.3 Å². The van der Waals surface area contributed by atoms with Crippen LogP contribution in [0.4, 0.5) is 0 Å². The third-order valence-electron chi connectivity index (χ3n) is 3.25. The van der Waals surface area contributed by atoms with Crippen LogP contribution in [-0.4, -0.2) is 61.4 Å². The molecule has 0 aliphatic rings. The highest BCUT2D eigenvalue weighted by Crippen LogP contribution is 2.46. The van der Waals surface area contributed by atoms with E-state index in [1.54, 1.807) is 0 Å². The number of methoxy groups -OCH3 is 1. The fourth-order valence-corrected chi connectivity index (χ4v) is 2.75. The van der Waals surface area contributed by atoms with Gasteiger partial charge in [-0.15, -0.1) is 0 Å². The zero-order valence-electron chi connectivity index (χ0n) is 16.9. The van der Waals surface area contributed by atoms with E-state index in [4.69, 9.17) is 10.2 Å². The first-order valence-electron chi connectivity index (χ1n) is 8.68. The molecule has 0 radical (unpaired) electrons. The molecule has 10 nitrogen and oxygen atoms in total. The molecule has 11 heteroatoms. The van der Waals surface area contributed by atoms with Crippen molar-refractivity contribution in [1.82, 2.24) is 0 Å². The molecule has 0 unspecified atom stereocenters. The molecule has 2 N–H and O–H groups in total. The van der Waals surface area contributed by atoms with Crippen LogP contribution < -0.4 is 0 Å². The molecule has 0 aliphatic heterocycles. The molecular weight excluding hydrogens is 407 g/mol. The monoisotopic (exact) mass is 436 g/mol. The number of unbranched alkanes of at least 4 members (excludes halogenated alkanes) is 2. The van der Waals surface area contributed by atoms with Gasteiger partial charge in [-0.25, -0.2) is 9.59 Å². The highest BCUT2D eigenvalue weighted by atomic mass is 31.2. The highest BCUT2D eigenvalue weighted by Gasteiger charge is 2.24. The lowest BCUT2D eigenvalue weighted by atomic mass is 10.2. The minimum atomic E-state index is -3.27. The average molecular weight is 436 g/mol. The number of allylic oxidation sites excluding steroid dienone is 2. The number of ether oxygens (including phenoxy) is 1. The van der Waals surface area contributed by atoms with Gasteiger partial charge in [-0.1, -0.05) is 12.2 Å². The molecule has 29 heavy (non-hydrogen) atoms. The molecule has 0 aromatic rings. The maximum absolute atomic E-state index is 11.6. The number of rotatable bonds is 14. The number of carboxylic acid groups (broad SMARTS) is 2. The molecule has 0 bridgehead atoms. The van der Waals surface area contributed by atoms with Gasteiger partial charge in [0.1, 0.15) is 11.9 Å². The molecule has 0 aromatic heterocycles. The Bertz CT molecular complexity index is 616. The molecule has 0 aromatic carbocycles. The number of hydrogen-bond donors (Lipinski definition) is 2. The summed E-state index contributed by atoms with van der Waals surface area (Å²) in [7, 11) is 0.517. The predicted octanol–water partition coefficient (Wildman–Crippen LogP) is 2.82. The lowest BCUT2D eigenvalue weighted by molar-refractivity contribution is -0.140. The molecule has 0 heterocycles. The zero-order valence-corrected chi connectivity index (χ0v) is 17.8. The summed E-state index contributed by atoms with van der Waals surface area (Å²) in [5.74, 6) is -2.47. The second-order valence-electron chi connectivity index (χ2n) is 5.51. The quantitative estimate of drug-likeness (QED) is 0.180. The van der Waals surface area contributed by atoms with Crippen LogP contribution in [0.1, 0.15) is 38.5 Å². The van der Waals surface area contributed by atoms with Gasteiger partial charge >= 0.3 is 25.5 Å². The molecule has 0 rings (SSSR count). The Labute approximate surface area is 170 Å². The van der Waals surface area contributed by atoms with Crippen LogP contribution in [0.3, 0.4) is 0 Å². The zero-order chi connectivity index (χ0) is 22.7. The average Bonchev–Trinajstić information content (AvgIpc) is 2.67. The van der Waals surface area contributed by atoms with E-state index < -0.39 is 19.5 Å². The Kier molecular flexibility index (Phi) is 17.7. The first-order valence-corrected chi connectivity index (χ1v) is 10.4. The van der Waals surface area contributed by atoms with Crippen LogP contribution in [0.2, 0.25) is 0 Å². The topological polar surface area (TPSA) is 153 Å². The summed E-state index contributed by atoms with van der Waals surface area (Å²) in [4.78, 5) is 42.1. The van der Waals surface area contributed by atoms with E-state index in [-0.39, 0.29) is 24.3 Å².